The predicted octanol–water partition coefficient (Wildman–Crippen LogP) is 0.459. The summed E-state index contributed by atoms with van der Waals surface area (Å²) in [6.45, 7) is 4.62. The van der Waals surface area contributed by atoms with Gasteiger partial charge in [0.25, 0.3) is 0 Å². The molecular weight excluding hydrogens is 242 g/mol. The Kier molecular flexibility index (Phi) is 4.96. The molecule has 18 heavy (non-hydrogen) atoms. The van der Waals surface area contributed by atoms with Crippen LogP contribution in [0.4, 0.5) is 0 Å². The normalized spacial score (nSPS) is 15.6. The Morgan fingerprint density at radius 1 is 1.17 bits per heavy atom. The van der Waals surface area contributed by atoms with E-state index in [0.29, 0.717) is 5.11 Å². The number of thiocarbonyl (C=S) groups is 1. The monoisotopic (exact) mass is 264 g/mol. The van der Waals surface area contributed by atoms with E-state index >= 15 is 0 Å². The van der Waals surface area contributed by atoms with Crippen molar-refractivity contribution in [3.63, 3.8) is 0 Å². The van der Waals surface area contributed by atoms with Gasteiger partial charge in [-0.2, -0.15) is 0 Å². The zero-order valence-electron chi connectivity index (χ0n) is 11.0. The highest BCUT2D eigenvalue weighted by Crippen LogP contribution is 2.04. The minimum Gasteiger partial charge on any atom is -0.366 e. The second kappa shape index (κ2) is 6.71. The Morgan fingerprint density at radius 2 is 1.78 bits per heavy atom. The second-order valence-electron chi connectivity index (χ2n) is 4.88. The number of nitrogens with one attached hydrogen (secondary N) is 3. The standard InChI is InChI=1S/C14H21N3S/c1-15-14(18)16-10-12-4-6-13(7-5-12)11-17-8-2-3-9-17/h4-7H,2-3,8-11H2,1H3,(H2,15,16,18)/p+1. The van der Waals surface area contributed by atoms with Crippen LogP contribution in [0.5, 0.6) is 0 Å². The molecule has 1 heterocycles. The van der Waals surface area contributed by atoms with E-state index in [1.165, 1.54) is 43.6 Å². The summed E-state index contributed by atoms with van der Waals surface area (Å²) >= 11 is 5.05. The van der Waals surface area contributed by atoms with Gasteiger partial charge in [0.1, 0.15) is 6.54 Å². The van der Waals surface area contributed by atoms with Crippen molar-refractivity contribution in [2.45, 2.75) is 25.9 Å². The average Bonchev–Trinajstić information content (AvgIpc) is 2.90. The maximum atomic E-state index is 5.05. The van der Waals surface area contributed by atoms with Gasteiger partial charge >= 0.3 is 0 Å². The fourth-order valence-corrected chi connectivity index (χ4v) is 2.46. The quantitative estimate of drug-likeness (QED) is 0.690. The van der Waals surface area contributed by atoms with Gasteiger partial charge in [0.05, 0.1) is 13.1 Å². The van der Waals surface area contributed by atoms with Crippen LogP contribution in [0.2, 0.25) is 0 Å². The van der Waals surface area contributed by atoms with E-state index in [1.54, 1.807) is 4.90 Å². The van der Waals surface area contributed by atoms with Crippen LogP contribution >= 0.6 is 12.2 Å². The first-order chi connectivity index (χ1) is 8.78. The molecule has 4 heteroatoms. The van der Waals surface area contributed by atoms with E-state index in [2.05, 4.69) is 34.9 Å². The molecule has 0 aromatic heterocycles. The molecule has 1 aliphatic heterocycles. The zero-order valence-corrected chi connectivity index (χ0v) is 11.8. The Balaban J connectivity index is 1.82. The third-order valence-electron chi connectivity index (χ3n) is 3.47. The molecule has 0 saturated carbocycles. The third-order valence-corrected chi connectivity index (χ3v) is 3.82. The van der Waals surface area contributed by atoms with Crippen LogP contribution in [-0.4, -0.2) is 25.2 Å². The minimum absolute atomic E-state index is 0.695. The number of quaternary nitrogens is 1. The lowest BCUT2D eigenvalue weighted by molar-refractivity contribution is -0.901. The average molecular weight is 264 g/mol. The predicted molar refractivity (Wildman–Crippen MR) is 78.6 cm³/mol. The van der Waals surface area contributed by atoms with E-state index in [4.69, 9.17) is 12.2 Å². The van der Waals surface area contributed by atoms with Gasteiger partial charge in [-0.3, -0.25) is 0 Å². The van der Waals surface area contributed by atoms with Crippen LogP contribution in [-0.2, 0) is 13.1 Å². The SMILES string of the molecule is CNC(=S)NCc1ccc(C[NH+]2CCCC2)cc1. The van der Waals surface area contributed by atoms with Crippen molar-refractivity contribution in [3.05, 3.63) is 35.4 Å². The highest BCUT2D eigenvalue weighted by atomic mass is 32.1. The summed E-state index contributed by atoms with van der Waals surface area (Å²) in [5, 5.41) is 6.76. The molecule has 0 amide bonds. The van der Waals surface area contributed by atoms with Crippen LogP contribution in [0.25, 0.3) is 0 Å². The third kappa shape index (κ3) is 3.96. The fourth-order valence-electron chi connectivity index (χ4n) is 2.39. The van der Waals surface area contributed by atoms with Gasteiger partial charge in [-0.1, -0.05) is 24.3 Å². The molecule has 0 radical (unpaired) electrons. The summed E-state index contributed by atoms with van der Waals surface area (Å²) in [6, 6.07) is 8.86. The summed E-state index contributed by atoms with van der Waals surface area (Å²) < 4.78 is 0. The molecule has 3 N–H and O–H groups in total. The number of hydrogen-bond acceptors (Lipinski definition) is 1. The summed E-state index contributed by atoms with van der Waals surface area (Å²) in [5.41, 5.74) is 2.71. The Hall–Kier alpha value is -1.13. The molecule has 1 aliphatic rings. The number of hydrogen-bond donors (Lipinski definition) is 3. The van der Waals surface area contributed by atoms with Crippen molar-refractivity contribution in [3.8, 4) is 0 Å². The zero-order chi connectivity index (χ0) is 12.8. The lowest BCUT2D eigenvalue weighted by Gasteiger charge is -2.12. The van der Waals surface area contributed by atoms with Gasteiger partial charge in [-0.15, -0.1) is 0 Å². The lowest BCUT2D eigenvalue weighted by atomic mass is 10.1. The number of likely N-dealkylation sites (tertiary alicyclic amines) is 1. The molecule has 1 saturated heterocycles. The minimum atomic E-state index is 0.695. The molecule has 0 unspecified atom stereocenters. The van der Waals surface area contributed by atoms with Gasteiger partial charge in [0.2, 0.25) is 0 Å². The van der Waals surface area contributed by atoms with Crippen LogP contribution in [0.3, 0.4) is 0 Å². The highest BCUT2D eigenvalue weighted by Gasteiger charge is 2.15. The Labute approximate surface area is 115 Å². The van der Waals surface area contributed by atoms with Crippen LogP contribution in [0.15, 0.2) is 24.3 Å². The van der Waals surface area contributed by atoms with Crippen LogP contribution < -0.4 is 15.5 Å². The Morgan fingerprint density at radius 3 is 2.39 bits per heavy atom. The first-order valence-electron chi connectivity index (χ1n) is 6.65. The molecule has 1 aromatic rings. The Bertz CT molecular complexity index is 383. The van der Waals surface area contributed by atoms with Crippen molar-refractivity contribution in [1.29, 1.82) is 0 Å². The largest absolute Gasteiger partial charge is 0.366 e. The molecule has 0 bridgehead atoms. The van der Waals surface area contributed by atoms with Gasteiger partial charge in [0, 0.05) is 32.0 Å². The van der Waals surface area contributed by atoms with Gasteiger partial charge < -0.3 is 15.5 Å². The van der Waals surface area contributed by atoms with E-state index in [0.717, 1.165) is 6.54 Å². The topological polar surface area (TPSA) is 28.5 Å². The van der Waals surface area contributed by atoms with Crippen molar-refractivity contribution < 1.29 is 4.90 Å². The molecule has 2 rings (SSSR count). The number of rotatable bonds is 4. The van der Waals surface area contributed by atoms with E-state index in [9.17, 15) is 0 Å². The highest BCUT2D eigenvalue weighted by molar-refractivity contribution is 7.80. The summed E-state index contributed by atoms with van der Waals surface area (Å²) in [4.78, 5) is 1.72. The van der Waals surface area contributed by atoms with E-state index < -0.39 is 0 Å². The summed E-state index contributed by atoms with van der Waals surface area (Å²) in [5.74, 6) is 0. The maximum Gasteiger partial charge on any atom is 0.166 e. The molecule has 3 nitrogen and oxygen atoms in total. The second-order valence-corrected chi connectivity index (χ2v) is 5.29. The van der Waals surface area contributed by atoms with Crippen molar-refractivity contribution in [2.24, 2.45) is 0 Å². The first kappa shape index (κ1) is 13.3. The molecule has 98 valence electrons. The first-order valence-corrected chi connectivity index (χ1v) is 7.06. The lowest BCUT2D eigenvalue weighted by Crippen LogP contribution is -3.08. The van der Waals surface area contributed by atoms with Crippen LogP contribution in [0, 0.1) is 0 Å². The molecule has 1 aromatic carbocycles. The van der Waals surface area contributed by atoms with E-state index in [-0.39, 0.29) is 0 Å². The van der Waals surface area contributed by atoms with Crippen molar-refractivity contribution in [1.82, 2.24) is 10.6 Å². The maximum absolute atomic E-state index is 5.05. The van der Waals surface area contributed by atoms with Crippen molar-refractivity contribution >= 4 is 17.3 Å². The van der Waals surface area contributed by atoms with Gasteiger partial charge in [-0.25, -0.2) is 0 Å². The molecular formula is C14H22N3S+. The summed E-state index contributed by atoms with van der Waals surface area (Å²) in [6.07, 6.45) is 2.78. The smallest absolute Gasteiger partial charge is 0.166 e. The fraction of sp³-hybridized carbons (Fsp3) is 0.500. The van der Waals surface area contributed by atoms with Gasteiger partial charge in [-0.05, 0) is 17.8 Å². The molecule has 0 atom stereocenters. The van der Waals surface area contributed by atoms with Crippen LogP contribution in [0.1, 0.15) is 24.0 Å². The van der Waals surface area contributed by atoms with Gasteiger partial charge in [0.15, 0.2) is 5.11 Å². The van der Waals surface area contributed by atoms with E-state index in [1.807, 2.05) is 7.05 Å². The molecule has 1 fully saturated rings. The molecule has 0 aliphatic carbocycles. The summed E-state index contributed by atoms with van der Waals surface area (Å²) in [7, 11) is 1.83. The number of benzene rings is 1. The molecule has 0 spiro atoms. The van der Waals surface area contributed by atoms with Crippen molar-refractivity contribution in [2.75, 3.05) is 20.1 Å².